The van der Waals surface area contributed by atoms with E-state index in [0.717, 1.165) is 34.8 Å². The number of hydrogen-bond donors (Lipinski definition) is 0. The maximum absolute atomic E-state index is 15.2. The number of aryl methyl sites for hydroxylation is 1. The van der Waals surface area contributed by atoms with E-state index in [0.29, 0.717) is 34.3 Å². The second-order valence-electron chi connectivity index (χ2n) is 11.1. The van der Waals surface area contributed by atoms with Gasteiger partial charge in [-0.05, 0) is 57.7 Å². The van der Waals surface area contributed by atoms with Gasteiger partial charge in [0.1, 0.15) is 16.9 Å². The Morgan fingerprint density at radius 3 is 2.54 bits per heavy atom. The van der Waals surface area contributed by atoms with E-state index in [2.05, 4.69) is 4.57 Å². The van der Waals surface area contributed by atoms with Crippen molar-refractivity contribution in [3.05, 3.63) is 52.9 Å². The molecule has 3 heterocycles. The number of aromatic nitrogens is 4. The zero-order valence-electron chi connectivity index (χ0n) is 22.3. The Hall–Kier alpha value is -3.85. The largest absolute Gasteiger partial charge is 0.465 e. The number of benzene rings is 2. The molecular weight excluding hydrogens is 523 g/mol. The van der Waals surface area contributed by atoms with Gasteiger partial charge in [-0.2, -0.15) is 0 Å². The number of imidazole rings is 1. The van der Waals surface area contributed by atoms with Gasteiger partial charge in [-0.15, -0.1) is 0 Å². The Morgan fingerprint density at radius 1 is 1.13 bits per heavy atom. The first-order chi connectivity index (χ1) is 18.5. The van der Waals surface area contributed by atoms with Crippen molar-refractivity contribution in [1.29, 1.82) is 0 Å². The van der Waals surface area contributed by atoms with E-state index >= 15 is 4.39 Å². The lowest BCUT2D eigenvalue weighted by molar-refractivity contribution is 0.0543. The number of methoxy groups -OCH3 is 1. The number of halogens is 2. The Morgan fingerprint density at radius 2 is 1.87 bits per heavy atom. The Bertz CT molecular complexity index is 1820. The van der Waals surface area contributed by atoms with Crippen molar-refractivity contribution < 1.29 is 23.5 Å². The van der Waals surface area contributed by atoms with Crippen molar-refractivity contribution in [3.63, 3.8) is 0 Å². The average Bonchev–Trinajstić information content (AvgIpc) is 3.40. The molecule has 39 heavy (non-hydrogen) atoms. The van der Waals surface area contributed by atoms with Crippen LogP contribution in [-0.2, 0) is 23.1 Å². The summed E-state index contributed by atoms with van der Waals surface area (Å²) in [6, 6.07) is 8.56. The van der Waals surface area contributed by atoms with Crippen LogP contribution < -0.4 is 0 Å². The van der Waals surface area contributed by atoms with Crippen LogP contribution in [0.4, 0.5) is 9.18 Å². The Kier molecular flexibility index (Phi) is 5.77. The van der Waals surface area contributed by atoms with E-state index in [9.17, 15) is 9.59 Å². The number of nitrogens with zero attached hydrogens (tertiary/aromatic N) is 4. The summed E-state index contributed by atoms with van der Waals surface area (Å²) >= 11 is 6.60. The van der Waals surface area contributed by atoms with Gasteiger partial charge in [-0.3, -0.25) is 0 Å². The van der Waals surface area contributed by atoms with Gasteiger partial charge >= 0.3 is 12.1 Å². The van der Waals surface area contributed by atoms with Gasteiger partial charge in [0.15, 0.2) is 5.82 Å². The van der Waals surface area contributed by atoms with Crippen molar-refractivity contribution in [2.45, 2.75) is 45.8 Å². The molecule has 0 amide bonds. The lowest BCUT2D eigenvalue weighted by Crippen LogP contribution is -2.26. The monoisotopic (exact) mass is 550 g/mol. The van der Waals surface area contributed by atoms with Crippen molar-refractivity contribution in [2.24, 2.45) is 13.0 Å². The third-order valence-electron chi connectivity index (χ3n) is 7.08. The van der Waals surface area contributed by atoms with Crippen LogP contribution in [0.2, 0.25) is 5.02 Å². The minimum absolute atomic E-state index is 0.0946. The third kappa shape index (κ3) is 4.25. The predicted octanol–water partition coefficient (Wildman–Crippen LogP) is 6.92. The molecule has 1 aliphatic rings. The minimum Gasteiger partial charge on any atom is -0.465 e. The van der Waals surface area contributed by atoms with Crippen molar-refractivity contribution in [2.75, 3.05) is 7.11 Å². The molecule has 3 aromatic heterocycles. The van der Waals surface area contributed by atoms with Crippen LogP contribution in [0.1, 0.15) is 44.0 Å². The summed E-state index contributed by atoms with van der Waals surface area (Å²) in [6.45, 7) is 6.16. The molecule has 2 aromatic carbocycles. The Balaban J connectivity index is 1.63. The van der Waals surface area contributed by atoms with Crippen LogP contribution in [0.25, 0.3) is 44.4 Å². The molecular formula is C29H28ClFN4O4. The summed E-state index contributed by atoms with van der Waals surface area (Å²) in [5.41, 5.74) is 2.29. The van der Waals surface area contributed by atoms with E-state index in [1.807, 2.05) is 39.0 Å². The van der Waals surface area contributed by atoms with Crippen molar-refractivity contribution >= 4 is 56.5 Å². The first kappa shape index (κ1) is 25.4. The summed E-state index contributed by atoms with van der Waals surface area (Å²) in [5.74, 6) is -0.176. The molecule has 202 valence electrons. The van der Waals surface area contributed by atoms with Crippen LogP contribution in [-0.4, -0.2) is 43.5 Å². The SMILES string of the molecule is COC(=O)c1cc(F)c2c(c1)nc(-c1cc3ccc4c(Cl)cn(C(=O)OC(C)(C)C)c4c3n1CC1CC1)n2C. The zero-order chi connectivity index (χ0) is 27.8. The molecule has 0 saturated heterocycles. The van der Waals surface area contributed by atoms with Gasteiger partial charge in [0.05, 0.1) is 39.9 Å². The molecule has 8 nitrogen and oxygen atoms in total. The Labute approximate surface area is 228 Å². The number of fused-ring (bicyclic) bond motifs is 4. The molecule has 0 atom stereocenters. The summed E-state index contributed by atoms with van der Waals surface area (Å²) in [7, 11) is 3.01. The summed E-state index contributed by atoms with van der Waals surface area (Å²) in [6.07, 6.45) is 3.27. The van der Waals surface area contributed by atoms with E-state index < -0.39 is 23.5 Å². The maximum Gasteiger partial charge on any atom is 0.419 e. The highest BCUT2D eigenvalue weighted by atomic mass is 35.5. The van der Waals surface area contributed by atoms with Crippen LogP contribution >= 0.6 is 11.6 Å². The number of carbonyl (C=O) groups is 2. The van der Waals surface area contributed by atoms with Gasteiger partial charge in [0.25, 0.3) is 0 Å². The van der Waals surface area contributed by atoms with Gasteiger partial charge in [0, 0.05) is 30.6 Å². The highest BCUT2D eigenvalue weighted by Gasteiger charge is 2.29. The molecule has 0 radical (unpaired) electrons. The smallest absolute Gasteiger partial charge is 0.419 e. The molecule has 0 N–H and O–H groups in total. The zero-order valence-corrected chi connectivity index (χ0v) is 23.1. The highest BCUT2D eigenvalue weighted by Crippen LogP contribution is 2.40. The first-order valence-electron chi connectivity index (χ1n) is 12.8. The van der Waals surface area contributed by atoms with Gasteiger partial charge < -0.3 is 18.6 Å². The molecule has 0 unspecified atom stereocenters. The molecule has 0 bridgehead atoms. The van der Waals surface area contributed by atoms with Gasteiger partial charge in [0.2, 0.25) is 0 Å². The number of esters is 1. The quantitative estimate of drug-likeness (QED) is 0.227. The number of carbonyl (C=O) groups excluding carboxylic acids is 2. The van der Waals surface area contributed by atoms with E-state index in [-0.39, 0.29) is 11.1 Å². The average molecular weight is 551 g/mol. The molecule has 6 rings (SSSR count). The summed E-state index contributed by atoms with van der Waals surface area (Å²) in [5, 5.41) is 2.06. The molecule has 1 saturated carbocycles. The van der Waals surface area contributed by atoms with Crippen LogP contribution in [0.15, 0.2) is 36.5 Å². The predicted molar refractivity (Wildman–Crippen MR) is 148 cm³/mol. The fourth-order valence-electron chi connectivity index (χ4n) is 5.18. The van der Waals surface area contributed by atoms with Gasteiger partial charge in [-0.1, -0.05) is 23.7 Å². The fraction of sp³-hybridized carbons (Fsp3) is 0.345. The molecule has 1 fully saturated rings. The normalized spacial score (nSPS) is 14.0. The molecule has 5 aromatic rings. The van der Waals surface area contributed by atoms with E-state index in [1.54, 1.807) is 17.8 Å². The molecule has 10 heteroatoms. The topological polar surface area (TPSA) is 80.3 Å². The van der Waals surface area contributed by atoms with Crippen LogP contribution in [0.5, 0.6) is 0 Å². The fourth-order valence-corrected chi connectivity index (χ4v) is 5.43. The second-order valence-corrected chi connectivity index (χ2v) is 11.5. The van der Waals surface area contributed by atoms with E-state index in [1.165, 1.54) is 23.8 Å². The third-order valence-corrected chi connectivity index (χ3v) is 7.38. The second kappa shape index (κ2) is 8.84. The highest BCUT2D eigenvalue weighted by molar-refractivity contribution is 6.37. The van der Waals surface area contributed by atoms with E-state index in [4.69, 9.17) is 26.1 Å². The lowest BCUT2D eigenvalue weighted by Gasteiger charge is -2.20. The van der Waals surface area contributed by atoms with Crippen molar-refractivity contribution in [1.82, 2.24) is 18.7 Å². The molecule has 0 aliphatic heterocycles. The molecule has 0 spiro atoms. The minimum atomic E-state index is -0.685. The molecule has 1 aliphatic carbocycles. The number of hydrogen-bond acceptors (Lipinski definition) is 5. The van der Waals surface area contributed by atoms with Crippen molar-refractivity contribution in [3.8, 4) is 11.5 Å². The number of ether oxygens (including phenoxy) is 2. The first-order valence-corrected chi connectivity index (χ1v) is 13.2. The summed E-state index contributed by atoms with van der Waals surface area (Å²) < 4.78 is 31.0. The van der Waals surface area contributed by atoms with Crippen LogP contribution in [0.3, 0.4) is 0 Å². The van der Waals surface area contributed by atoms with Crippen LogP contribution in [0, 0.1) is 11.7 Å². The number of rotatable bonds is 4. The van der Waals surface area contributed by atoms with Gasteiger partial charge in [-0.25, -0.2) is 23.5 Å². The lowest BCUT2D eigenvalue weighted by atomic mass is 10.2. The standard InChI is InChI=1S/C29H28ClFN4O4/c1-29(2,3)39-28(37)35-14-19(30)18-9-8-16-12-22(34(13-15-6-7-15)23(16)24(18)35)26-32-21-11-17(27(36)38-5)10-20(31)25(21)33(26)4/h8-12,14-15H,6-7,13H2,1-5H3. The maximum atomic E-state index is 15.2. The summed E-state index contributed by atoms with van der Waals surface area (Å²) in [4.78, 5) is 30.1.